The van der Waals surface area contributed by atoms with Crippen molar-refractivity contribution in [3.8, 4) is 5.69 Å². The second-order valence-corrected chi connectivity index (χ2v) is 23.0. The molecule has 2 aliphatic rings. The van der Waals surface area contributed by atoms with Gasteiger partial charge in [-0.1, -0.05) is 36.4 Å². The Bertz CT molecular complexity index is 3010. The zero-order valence-electron chi connectivity index (χ0n) is 32.2. The zero-order valence-corrected chi connectivity index (χ0v) is 35.5. The summed E-state index contributed by atoms with van der Waals surface area (Å²) in [5.74, 6) is 0. The molecule has 0 radical (unpaired) electrons. The van der Waals surface area contributed by atoms with Gasteiger partial charge in [0.05, 0.1) is 0 Å². The third-order valence-electron chi connectivity index (χ3n) is 12.1. The first-order valence-electron chi connectivity index (χ1n) is 20.3. The van der Waals surface area contributed by atoms with Crippen LogP contribution in [0, 0.1) is 0 Å². The number of nitrogens with zero attached hydrogens (tertiary/aromatic N) is 4. The fraction of sp³-hybridized carbons (Fsp3) is 0. The van der Waals surface area contributed by atoms with E-state index in [1.54, 1.807) is 0 Å². The normalized spacial score (nSPS) is 12.6. The third kappa shape index (κ3) is 5.38. The molecule has 0 spiro atoms. The number of benzene rings is 9. The van der Waals surface area contributed by atoms with Gasteiger partial charge in [0, 0.05) is 0 Å². The molecule has 9 aromatic carbocycles. The van der Waals surface area contributed by atoms with Crippen molar-refractivity contribution in [2.45, 2.75) is 0 Å². The molecule has 1 aromatic heterocycles. The Morgan fingerprint density at radius 1 is 0.322 bits per heavy atom. The van der Waals surface area contributed by atoms with Crippen LogP contribution in [0.4, 0.5) is 51.2 Å². The average Bonchev–Trinajstić information content (AvgIpc) is 3.64. The maximum absolute atomic E-state index is 2.98. The van der Waals surface area contributed by atoms with Crippen molar-refractivity contribution in [1.29, 1.82) is 0 Å². The molecule has 276 valence electrons. The molecule has 0 saturated carbocycles. The first-order chi connectivity index (χ1) is 29.3. The monoisotopic (exact) mass is 856 g/mol. The van der Waals surface area contributed by atoms with Gasteiger partial charge in [-0.3, -0.25) is 0 Å². The summed E-state index contributed by atoms with van der Waals surface area (Å²) in [5.41, 5.74) is 14.3. The summed E-state index contributed by atoms with van der Waals surface area (Å²) in [7, 11) is 0. The fourth-order valence-corrected chi connectivity index (χ4v) is 20.0. The minimum absolute atomic E-state index is 1.10. The number of rotatable bonds is 6. The van der Waals surface area contributed by atoms with Crippen molar-refractivity contribution in [2.24, 2.45) is 0 Å². The van der Waals surface area contributed by atoms with E-state index in [4.69, 9.17) is 0 Å². The second-order valence-electron chi connectivity index (χ2n) is 15.3. The molecule has 0 atom stereocenters. The predicted octanol–water partition coefficient (Wildman–Crippen LogP) is 12.3. The Morgan fingerprint density at radius 3 is 1.27 bits per heavy atom. The van der Waals surface area contributed by atoms with Crippen LogP contribution in [0.3, 0.4) is 0 Å². The first-order valence-corrected chi connectivity index (χ1v) is 25.3. The summed E-state index contributed by atoms with van der Waals surface area (Å²) in [6.45, 7) is 0. The van der Waals surface area contributed by atoms with Gasteiger partial charge in [0.1, 0.15) is 0 Å². The maximum atomic E-state index is 2.52. The molecule has 0 aliphatic carbocycles. The van der Waals surface area contributed by atoms with E-state index >= 15 is 0 Å². The van der Waals surface area contributed by atoms with Gasteiger partial charge in [0.15, 0.2) is 0 Å². The zero-order chi connectivity index (χ0) is 38.9. The summed E-state index contributed by atoms with van der Waals surface area (Å²) in [6, 6.07) is 82.6. The first kappa shape index (κ1) is 34.1. The summed E-state index contributed by atoms with van der Waals surface area (Å²) >= 11 is -2.98. The van der Waals surface area contributed by atoms with Crippen molar-refractivity contribution in [2.75, 3.05) is 14.7 Å². The molecule has 59 heavy (non-hydrogen) atoms. The number of hydrogen-bond donors (Lipinski definition) is 0. The van der Waals surface area contributed by atoms with Crippen molar-refractivity contribution in [3.05, 3.63) is 224 Å². The van der Waals surface area contributed by atoms with Gasteiger partial charge in [-0.25, -0.2) is 0 Å². The molecule has 2 aliphatic heterocycles. The average molecular weight is 857 g/mol. The predicted molar refractivity (Wildman–Crippen MR) is 249 cm³/mol. The Balaban J connectivity index is 1.12. The van der Waals surface area contributed by atoms with E-state index in [1.807, 2.05) is 0 Å². The Labute approximate surface area is 351 Å². The van der Waals surface area contributed by atoms with Crippen LogP contribution < -0.4 is 24.7 Å². The van der Waals surface area contributed by atoms with Gasteiger partial charge < -0.3 is 0 Å². The number of aromatic nitrogens is 1. The Hall–Kier alpha value is -6.95. The van der Waals surface area contributed by atoms with Crippen molar-refractivity contribution < 1.29 is 0 Å². The number of para-hydroxylation sites is 7. The van der Waals surface area contributed by atoms with Crippen LogP contribution in [0.5, 0.6) is 0 Å². The van der Waals surface area contributed by atoms with Crippen LogP contribution >= 0.6 is 0 Å². The van der Waals surface area contributed by atoms with Crippen molar-refractivity contribution >= 4 is 104 Å². The van der Waals surface area contributed by atoms with Gasteiger partial charge in [-0.2, -0.15) is 0 Å². The minimum atomic E-state index is -2.98. The number of anilines is 9. The van der Waals surface area contributed by atoms with E-state index in [0.29, 0.717) is 0 Å². The SMILES string of the molecule is c1ccc(N(c2ccc(-n3c4ccccc4c4ccccc43)cc2)c2cc3[c]4c(c2)N(c2ccccc2)c2cccc[c]2[In]4[c]2ccccc2N3c2ccccc2)cc1. The fourth-order valence-electron chi connectivity index (χ4n) is 9.70. The standard InChI is InChI=1S/C54H37N4.In/c1-6-20-41(21-7-1)55(42-22-8-2-9-23-42)48-38-49(56(43-24-10-3-11-25-43)44-26-12-4-13-27-44)40-50(39-48)57(45-28-14-5-15-29-45)46-34-36-47(37-35-46)58-53-32-18-16-30-51(53)52-31-17-19-33-54(52)58;/h1-22,24-26,28-37,39-40H;. The van der Waals surface area contributed by atoms with Crippen LogP contribution in [0.1, 0.15) is 0 Å². The summed E-state index contributed by atoms with van der Waals surface area (Å²) < 4.78 is 6.93. The van der Waals surface area contributed by atoms with Gasteiger partial charge >= 0.3 is 317 Å². The van der Waals surface area contributed by atoms with Crippen LogP contribution in [-0.4, -0.2) is 26.0 Å². The van der Waals surface area contributed by atoms with E-state index in [2.05, 4.69) is 244 Å². The summed E-state index contributed by atoms with van der Waals surface area (Å²) in [6.07, 6.45) is 0. The van der Waals surface area contributed by atoms with E-state index in [9.17, 15) is 0 Å². The second kappa shape index (κ2) is 13.9. The molecule has 0 bridgehead atoms. The molecular weight excluding hydrogens is 819 g/mol. The van der Waals surface area contributed by atoms with Crippen molar-refractivity contribution in [1.82, 2.24) is 4.57 Å². The topological polar surface area (TPSA) is 14.7 Å². The third-order valence-corrected chi connectivity index (χ3v) is 21.8. The molecule has 0 saturated heterocycles. The van der Waals surface area contributed by atoms with Crippen LogP contribution in [0.15, 0.2) is 224 Å². The molecule has 10 aromatic rings. The Morgan fingerprint density at radius 2 is 0.746 bits per heavy atom. The van der Waals surface area contributed by atoms with Gasteiger partial charge in [0.25, 0.3) is 0 Å². The quantitative estimate of drug-likeness (QED) is 0.166. The van der Waals surface area contributed by atoms with Crippen LogP contribution in [0.25, 0.3) is 27.5 Å². The van der Waals surface area contributed by atoms with Gasteiger partial charge in [-0.15, -0.1) is 0 Å². The molecule has 3 heterocycles. The number of fused-ring (bicyclic) bond motifs is 7. The van der Waals surface area contributed by atoms with Crippen LogP contribution in [0.2, 0.25) is 0 Å². The summed E-state index contributed by atoms with van der Waals surface area (Å²) in [5, 5.41) is 2.53. The number of hydrogen-bond acceptors (Lipinski definition) is 3. The molecule has 12 rings (SSSR count). The van der Waals surface area contributed by atoms with E-state index in [-0.39, 0.29) is 0 Å². The summed E-state index contributed by atoms with van der Waals surface area (Å²) in [4.78, 5) is 7.48. The molecule has 5 heteroatoms. The molecule has 0 N–H and O–H groups in total. The van der Waals surface area contributed by atoms with Gasteiger partial charge in [-0.05, 0) is 0 Å². The van der Waals surface area contributed by atoms with E-state index in [0.717, 1.165) is 34.1 Å². The molecule has 4 nitrogen and oxygen atoms in total. The van der Waals surface area contributed by atoms with E-state index < -0.39 is 21.4 Å². The van der Waals surface area contributed by atoms with Gasteiger partial charge in [0.2, 0.25) is 0 Å². The molecule has 0 unspecified atom stereocenters. The van der Waals surface area contributed by atoms with Crippen LogP contribution in [-0.2, 0) is 0 Å². The molecule has 0 amide bonds. The van der Waals surface area contributed by atoms with Crippen molar-refractivity contribution in [3.63, 3.8) is 0 Å². The molecular formula is C54H37InN4. The molecule has 0 fully saturated rings. The van der Waals surface area contributed by atoms with E-state index in [1.165, 1.54) is 54.5 Å². The Kier molecular flexibility index (Phi) is 8.02.